The minimum Gasteiger partial charge on any atom is -0.506 e. The molecule has 16 heavy (non-hydrogen) atoms. The number of anilines is 1. The zero-order valence-corrected chi connectivity index (χ0v) is 10.1. The Labute approximate surface area is 99.3 Å². The van der Waals surface area contributed by atoms with E-state index < -0.39 is 10.0 Å². The van der Waals surface area contributed by atoms with Gasteiger partial charge in [-0.15, -0.1) is 0 Å². The molecule has 1 aliphatic carbocycles. The van der Waals surface area contributed by atoms with Gasteiger partial charge >= 0.3 is 0 Å². The van der Waals surface area contributed by atoms with Gasteiger partial charge in [0, 0.05) is 0 Å². The lowest BCUT2D eigenvalue weighted by molar-refractivity contribution is 0.475. The zero-order chi connectivity index (χ0) is 11.8. The molecule has 0 heterocycles. The Balaban J connectivity index is 2.10. The first-order chi connectivity index (χ1) is 7.46. The average molecular weight is 262 g/mol. The molecule has 4 nitrogen and oxygen atoms in total. The summed E-state index contributed by atoms with van der Waals surface area (Å²) in [5.74, 6) is 0.391. The molecule has 1 saturated carbocycles. The average Bonchev–Trinajstić information content (AvgIpc) is 2.94. The van der Waals surface area contributed by atoms with Crippen molar-refractivity contribution in [1.82, 2.24) is 0 Å². The normalized spacial score (nSPS) is 16.1. The first-order valence-corrected chi connectivity index (χ1v) is 6.98. The molecule has 88 valence electrons. The smallest absolute Gasteiger partial charge is 0.232 e. The summed E-state index contributed by atoms with van der Waals surface area (Å²) < 4.78 is 25.7. The van der Waals surface area contributed by atoms with Crippen molar-refractivity contribution in [2.75, 3.05) is 10.5 Å². The molecular weight excluding hydrogens is 250 g/mol. The van der Waals surface area contributed by atoms with Crippen LogP contribution in [0.3, 0.4) is 0 Å². The highest BCUT2D eigenvalue weighted by molar-refractivity contribution is 7.92. The molecule has 0 bridgehead atoms. The van der Waals surface area contributed by atoms with Crippen molar-refractivity contribution in [3.05, 3.63) is 23.2 Å². The van der Waals surface area contributed by atoms with Crippen LogP contribution in [-0.4, -0.2) is 19.3 Å². The van der Waals surface area contributed by atoms with E-state index in [1.807, 2.05) is 0 Å². The van der Waals surface area contributed by atoms with Crippen LogP contribution in [0.5, 0.6) is 5.75 Å². The van der Waals surface area contributed by atoms with Gasteiger partial charge in [0.25, 0.3) is 0 Å². The fourth-order valence-corrected chi connectivity index (χ4v) is 3.09. The highest BCUT2D eigenvalue weighted by atomic mass is 35.5. The lowest BCUT2D eigenvalue weighted by Gasteiger charge is -2.08. The van der Waals surface area contributed by atoms with E-state index in [4.69, 9.17) is 11.6 Å². The molecule has 1 aliphatic rings. The first-order valence-electron chi connectivity index (χ1n) is 4.95. The van der Waals surface area contributed by atoms with Crippen molar-refractivity contribution in [1.29, 1.82) is 0 Å². The van der Waals surface area contributed by atoms with Crippen LogP contribution in [0.2, 0.25) is 5.02 Å². The number of rotatable bonds is 4. The van der Waals surface area contributed by atoms with Gasteiger partial charge < -0.3 is 5.11 Å². The van der Waals surface area contributed by atoms with Crippen LogP contribution >= 0.6 is 11.6 Å². The molecule has 0 amide bonds. The summed E-state index contributed by atoms with van der Waals surface area (Å²) in [5.41, 5.74) is 0.378. The third-order valence-electron chi connectivity index (χ3n) is 2.37. The molecule has 0 radical (unpaired) electrons. The number of phenols is 1. The Morgan fingerprint density at radius 2 is 2.12 bits per heavy atom. The SMILES string of the molecule is O=S(=O)(CC1CC1)Nc1ccc(O)c(Cl)c1. The predicted octanol–water partition coefficient (Wildman–Crippen LogP) is 2.20. The van der Waals surface area contributed by atoms with Crippen molar-refractivity contribution < 1.29 is 13.5 Å². The summed E-state index contributed by atoms with van der Waals surface area (Å²) in [6.07, 6.45) is 1.97. The van der Waals surface area contributed by atoms with E-state index in [-0.39, 0.29) is 16.5 Å². The van der Waals surface area contributed by atoms with Gasteiger partial charge in [-0.25, -0.2) is 8.42 Å². The Bertz CT molecular complexity index is 497. The van der Waals surface area contributed by atoms with Crippen LogP contribution < -0.4 is 4.72 Å². The summed E-state index contributed by atoms with van der Waals surface area (Å²) in [5, 5.41) is 9.32. The zero-order valence-electron chi connectivity index (χ0n) is 8.48. The topological polar surface area (TPSA) is 66.4 Å². The van der Waals surface area contributed by atoms with E-state index >= 15 is 0 Å². The first kappa shape index (κ1) is 11.5. The number of phenolic OH excluding ortho intramolecular Hbond substituents is 1. The van der Waals surface area contributed by atoms with E-state index in [1.165, 1.54) is 18.2 Å². The van der Waals surface area contributed by atoms with E-state index in [0.717, 1.165) is 12.8 Å². The summed E-state index contributed by atoms with van der Waals surface area (Å²) in [4.78, 5) is 0. The van der Waals surface area contributed by atoms with Gasteiger partial charge in [-0.1, -0.05) is 11.6 Å². The molecule has 0 atom stereocenters. The van der Waals surface area contributed by atoms with Crippen LogP contribution in [-0.2, 0) is 10.0 Å². The second kappa shape index (κ2) is 4.14. The fourth-order valence-electron chi connectivity index (χ4n) is 1.39. The van der Waals surface area contributed by atoms with Gasteiger partial charge in [-0.3, -0.25) is 4.72 Å². The van der Waals surface area contributed by atoms with Crippen LogP contribution in [0, 0.1) is 5.92 Å². The Morgan fingerprint density at radius 1 is 1.44 bits per heavy atom. The largest absolute Gasteiger partial charge is 0.506 e. The van der Waals surface area contributed by atoms with Crippen molar-refractivity contribution in [2.45, 2.75) is 12.8 Å². The minimum atomic E-state index is -3.29. The quantitative estimate of drug-likeness (QED) is 0.817. The minimum absolute atomic E-state index is 0.0631. The van der Waals surface area contributed by atoms with E-state index in [0.29, 0.717) is 11.6 Å². The van der Waals surface area contributed by atoms with Crippen molar-refractivity contribution >= 4 is 27.3 Å². The maximum atomic E-state index is 11.6. The molecule has 0 unspecified atom stereocenters. The van der Waals surface area contributed by atoms with Crippen molar-refractivity contribution in [2.24, 2.45) is 5.92 Å². The van der Waals surface area contributed by atoms with E-state index in [2.05, 4.69) is 4.72 Å². The summed E-state index contributed by atoms with van der Waals surface area (Å²) >= 11 is 5.68. The fraction of sp³-hybridized carbons (Fsp3) is 0.400. The van der Waals surface area contributed by atoms with Gasteiger partial charge in [0.05, 0.1) is 16.5 Å². The molecule has 1 aromatic carbocycles. The number of benzene rings is 1. The number of aromatic hydroxyl groups is 1. The molecule has 0 aliphatic heterocycles. The lowest BCUT2D eigenvalue weighted by Crippen LogP contribution is -2.17. The molecule has 0 saturated heterocycles. The van der Waals surface area contributed by atoms with E-state index in [9.17, 15) is 13.5 Å². The second-order valence-electron chi connectivity index (χ2n) is 3.99. The molecule has 6 heteroatoms. The Morgan fingerprint density at radius 3 is 2.69 bits per heavy atom. The lowest BCUT2D eigenvalue weighted by atomic mass is 10.3. The third-order valence-corrected chi connectivity index (χ3v) is 4.13. The molecule has 1 aromatic rings. The van der Waals surface area contributed by atoms with Crippen molar-refractivity contribution in [3.8, 4) is 5.75 Å². The van der Waals surface area contributed by atoms with Gasteiger partial charge in [0.15, 0.2) is 0 Å². The maximum Gasteiger partial charge on any atom is 0.232 e. The molecule has 0 aromatic heterocycles. The number of sulfonamides is 1. The van der Waals surface area contributed by atoms with Crippen molar-refractivity contribution in [3.63, 3.8) is 0 Å². The monoisotopic (exact) mass is 261 g/mol. The third kappa shape index (κ3) is 3.02. The molecule has 2 rings (SSSR count). The maximum absolute atomic E-state index is 11.6. The Hall–Kier alpha value is -0.940. The molecule has 2 N–H and O–H groups in total. The highest BCUT2D eigenvalue weighted by Crippen LogP contribution is 2.31. The predicted molar refractivity (Wildman–Crippen MR) is 63.3 cm³/mol. The van der Waals surface area contributed by atoms with Gasteiger partial charge in [-0.2, -0.15) is 0 Å². The summed E-state index contributed by atoms with van der Waals surface area (Å²) in [6.45, 7) is 0. The van der Waals surface area contributed by atoms with Gasteiger partial charge in [0.2, 0.25) is 10.0 Å². The van der Waals surface area contributed by atoms with Gasteiger partial charge in [-0.05, 0) is 37.0 Å². The highest BCUT2D eigenvalue weighted by Gasteiger charge is 2.27. The Kier molecular flexibility index (Phi) is 2.99. The summed E-state index contributed by atoms with van der Waals surface area (Å²) in [7, 11) is -3.29. The van der Waals surface area contributed by atoms with Gasteiger partial charge in [0.1, 0.15) is 5.75 Å². The van der Waals surface area contributed by atoms with Crippen LogP contribution in [0.15, 0.2) is 18.2 Å². The molecular formula is C10H12ClNO3S. The van der Waals surface area contributed by atoms with Crippen LogP contribution in [0.1, 0.15) is 12.8 Å². The number of nitrogens with one attached hydrogen (secondary N) is 1. The van der Waals surface area contributed by atoms with E-state index in [1.54, 1.807) is 0 Å². The molecule has 0 spiro atoms. The number of halogens is 1. The number of hydrogen-bond acceptors (Lipinski definition) is 3. The summed E-state index contributed by atoms with van der Waals surface area (Å²) in [6, 6.07) is 4.23. The second-order valence-corrected chi connectivity index (χ2v) is 6.17. The standard InChI is InChI=1S/C10H12ClNO3S/c11-9-5-8(3-4-10(9)13)12-16(14,15)6-7-1-2-7/h3-5,7,12-13H,1-2,6H2. The number of hydrogen-bond donors (Lipinski definition) is 2. The van der Waals surface area contributed by atoms with Crippen LogP contribution in [0.4, 0.5) is 5.69 Å². The molecule has 1 fully saturated rings. The van der Waals surface area contributed by atoms with Crippen LogP contribution in [0.25, 0.3) is 0 Å².